The lowest BCUT2D eigenvalue weighted by Crippen LogP contribution is -2.41. The van der Waals surface area contributed by atoms with Gasteiger partial charge in [0.25, 0.3) is 0 Å². The number of hydrogen-bond donors (Lipinski definition) is 2. The Balaban J connectivity index is 1.74. The average molecular weight is 315 g/mol. The molecular formula is C15H17N5O3. The normalized spacial score (nSPS) is 15.7. The summed E-state index contributed by atoms with van der Waals surface area (Å²) in [5.41, 5.74) is 1.40. The van der Waals surface area contributed by atoms with Gasteiger partial charge in [-0.1, -0.05) is 12.5 Å². The van der Waals surface area contributed by atoms with Crippen LogP contribution in [0.3, 0.4) is 0 Å². The van der Waals surface area contributed by atoms with Crippen LogP contribution < -0.4 is 5.32 Å². The largest absolute Gasteiger partial charge is 0.481 e. The fraction of sp³-hybridized carbons (Fsp3) is 0.400. The fourth-order valence-corrected chi connectivity index (χ4v) is 2.79. The van der Waals surface area contributed by atoms with Gasteiger partial charge in [-0.2, -0.15) is 0 Å². The Bertz CT molecular complexity index is 738. The number of rotatable bonds is 5. The van der Waals surface area contributed by atoms with Gasteiger partial charge in [0.1, 0.15) is 6.33 Å². The van der Waals surface area contributed by atoms with Crippen molar-refractivity contribution in [3.63, 3.8) is 0 Å². The van der Waals surface area contributed by atoms with Crippen LogP contribution >= 0.6 is 0 Å². The quantitative estimate of drug-likeness (QED) is 0.866. The number of anilines is 1. The summed E-state index contributed by atoms with van der Waals surface area (Å²) in [6.07, 6.45) is 3.44. The molecule has 1 fully saturated rings. The molecule has 1 aromatic heterocycles. The monoisotopic (exact) mass is 315 g/mol. The highest BCUT2D eigenvalue weighted by molar-refractivity contribution is 5.94. The predicted octanol–water partition coefficient (Wildman–Crippen LogP) is 1.55. The predicted molar refractivity (Wildman–Crippen MR) is 81.1 cm³/mol. The van der Waals surface area contributed by atoms with Crippen LogP contribution in [-0.2, 0) is 9.59 Å². The highest BCUT2D eigenvalue weighted by Gasteiger charge is 2.45. The van der Waals surface area contributed by atoms with Crippen LogP contribution in [0.1, 0.15) is 31.2 Å². The van der Waals surface area contributed by atoms with Crippen LogP contribution in [0.25, 0.3) is 5.69 Å². The number of aryl methyl sites for hydroxylation is 1. The molecule has 1 heterocycles. The maximum Gasteiger partial charge on any atom is 0.310 e. The number of tetrazole rings is 1. The summed E-state index contributed by atoms with van der Waals surface area (Å²) < 4.78 is 1.51. The first-order valence-corrected chi connectivity index (χ1v) is 7.37. The topological polar surface area (TPSA) is 110 Å². The molecule has 1 saturated carbocycles. The first kappa shape index (κ1) is 15.1. The van der Waals surface area contributed by atoms with Gasteiger partial charge >= 0.3 is 5.97 Å². The molecule has 2 N–H and O–H groups in total. The SMILES string of the molecule is Cc1ccc(NC(=O)CC2(C(=O)O)CCC2)cc1-n1cnnn1. The van der Waals surface area contributed by atoms with Crippen LogP contribution in [0.4, 0.5) is 5.69 Å². The Morgan fingerprint density at radius 1 is 1.39 bits per heavy atom. The van der Waals surface area contributed by atoms with Crippen LogP contribution in [-0.4, -0.2) is 37.2 Å². The van der Waals surface area contributed by atoms with Crippen molar-refractivity contribution in [2.45, 2.75) is 32.6 Å². The molecule has 0 spiro atoms. The Hall–Kier alpha value is -2.77. The number of benzene rings is 1. The molecule has 23 heavy (non-hydrogen) atoms. The lowest BCUT2D eigenvalue weighted by molar-refractivity contribution is -0.157. The number of aromatic nitrogens is 4. The van der Waals surface area contributed by atoms with E-state index in [0.717, 1.165) is 17.7 Å². The molecule has 0 radical (unpaired) electrons. The van der Waals surface area contributed by atoms with Gasteiger partial charge in [-0.25, -0.2) is 4.68 Å². The lowest BCUT2D eigenvalue weighted by atomic mass is 9.66. The van der Waals surface area contributed by atoms with Gasteiger partial charge in [-0.15, -0.1) is 5.10 Å². The summed E-state index contributed by atoms with van der Waals surface area (Å²) in [5.74, 6) is -1.18. The number of carboxylic acid groups (broad SMARTS) is 1. The van der Waals surface area contributed by atoms with E-state index in [1.807, 2.05) is 13.0 Å². The zero-order valence-corrected chi connectivity index (χ0v) is 12.7. The number of hydrogen-bond acceptors (Lipinski definition) is 5. The van der Waals surface area contributed by atoms with Crippen molar-refractivity contribution in [3.05, 3.63) is 30.1 Å². The van der Waals surface area contributed by atoms with Gasteiger partial charge in [0.05, 0.1) is 11.1 Å². The van der Waals surface area contributed by atoms with Crippen molar-refractivity contribution in [1.82, 2.24) is 20.2 Å². The van der Waals surface area contributed by atoms with Crippen molar-refractivity contribution in [2.75, 3.05) is 5.32 Å². The van der Waals surface area contributed by atoms with E-state index < -0.39 is 11.4 Å². The van der Waals surface area contributed by atoms with Crippen LogP contribution in [0.2, 0.25) is 0 Å². The van der Waals surface area contributed by atoms with Gasteiger partial charge in [-0.3, -0.25) is 9.59 Å². The van der Waals surface area contributed by atoms with E-state index in [-0.39, 0.29) is 12.3 Å². The molecule has 8 heteroatoms. The third-order valence-corrected chi connectivity index (χ3v) is 4.35. The number of amides is 1. The molecule has 1 aliphatic rings. The summed E-state index contributed by atoms with van der Waals surface area (Å²) in [5, 5.41) is 23.1. The second kappa shape index (κ2) is 5.79. The summed E-state index contributed by atoms with van der Waals surface area (Å²) in [7, 11) is 0. The minimum Gasteiger partial charge on any atom is -0.481 e. The van der Waals surface area contributed by atoms with E-state index in [1.54, 1.807) is 12.1 Å². The molecule has 0 saturated heterocycles. The number of nitrogens with zero attached hydrogens (tertiary/aromatic N) is 4. The van der Waals surface area contributed by atoms with Crippen LogP contribution in [0, 0.1) is 12.3 Å². The lowest BCUT2D eigenvalue weighted by Gasteiger charge is -2.36. The van der Waals surface area contributed by atoms with Crippen LogP contribution in [0.5, 0.6) is 0 Å². The number of aliphatic carboxylic acids is 1. The second-order valence-electron chi connectivity index (χ2n) is 5.92. The fourth-order valence-electron chi connectivity index (χ4n) is 2.79. The zero-order valence-electron chi connectivity index (χ0n) is 12.7. The summed E-state index contributed by atoms with van der Waals surface area (Å²) in [6, 6.07) is 5.38. The van der Waals surface area contributed by atoms with Crippen molar-refractivity contribution >= 4 is 17.6 Å². The van der Waals surface area contributed by atoms with Gasteiger partial charge in [0.15, 0.2) is 0 Å². The minimum atomic E-state index is -0.895. The third-order valence-electron chi connectivity index (χ3n) is 4.35. The first-order valence-electron chi connectivity index (χ1n) is 7.37. The summed E-state index contributed by atoms with van der Waals surface area (Å²) >= 11 is 0. The smallest absolute Gasteiger partial charge is 0.310 e. The number of carboxylic acids is 1. The average Bonchev–Trinajstić information content (AvgIpc) is 2.98. The molecule has 120 valence electrons. The van der Waals surface area contributed by atoms with E-state index in [9.17, 15) is 14.7 Å². The van der Waals surface area contributed by atoms with Crippen molar-refractivity contribution in [1.29, 1.82) is 0 Å². The minimum absolute atomic E-state index is 0.00355. The maximum absolute atomic E-state index is 12.2. The third kappa shape index (κ3) is 2.92. The molecule has 2 aromatic rings. The van der Waals surface area contributed by atoms with Crippen molar-refractivity contribution in [3.8, 4) is 5.69 Å². The van der Waals surface area contributed by atoms with Gasteiger partial charge < -0.3 is 10.4 Å². The summed E-state index contributed by atoms with van der Waals surface area (Å²) in [4.78, 5) is 23.5. The highest BCUT2D eigenvalue weighted by atomic mass is 16.4. The Morgan fingerprint density at radius 2 is 2.17 bits per heavy atom. The van der Waals surface area contributed by atoms with Gasteiger partial charge in [-0.05, 0) is 47.9 Å². The zero-order chi connectivity index (χ0) is 16.4. The molecule has 1 amide bonds. The van der Waals surface area contributed by atoms with Gasteiger partial charge in [0.2, 0.25) is 5.91 Å². The molecular weight excluding hydrogens is 298 g/mol. The van der Waals surface area contributed by atoms with E-state index in [1.165, 1.54) is 11.0 Å². The standard InChI is InChI=1S/C15H17N5O3/c1-10-3-4-11(7-12(10)20-9-16-18-19-20)17-13(21)8-15(14(22)23)5-2-6-15/h3-4,7,9H,2,5-6,8H2,1H3,(H,17,21)(H,22,23). The molecule has 0 unspecified atom stereocenters. The molecule has 0 aliphatic heterocycles. The van der Waals surface area contributed by atoms with E-state index in [4.69, 9.17) is 0 Å². The van der Waals surface area contributed by atoms with Crippen molar-refractivity contribution < 1.29 is 14.7 Å². The number of nitrogens with one attached hydrogen (secondary N) is 1. The first-order chi connectivity index (χ1) is 11.0. The molecule has 1 aromatic carbocycles. The molecule has 1 aliphatic carbocycles. The van der Waals surface area contributed by atoms with Crippen molar-refractivity contribution in [2.24, 2.45) is 5.41 Å². The second-order valence-corrected chi connectivity index (χ2v) is 5.92. The Kier molecular flexibility index (Phi) is 3.81. The highest BCUT2D eigenvalue weighted by Crippen LogP contribution is 2.44. The summed E-state index contributed by atoms with van der Waals surface area (Å²) in [6.45, 7) is 1.91. The van der Waals surface area contributed by atoms with Gasteiger partial charge in [0, 0.05) is 12.1 Å². The van der Waals surface area contributed by atoms with E-state index >= 15 is 0 Å². The van der Waals surface area contributed by atoms with E-state index in [0.29, 0.717) is 18.5 Å². The van der Waals surface area contributed by atoms with Crippen LogP contribution in [0.15, 0.2) is 24.5 Å². The number of carbonyl (C=O) groups is 2. The maximum atomic E-state index is 12.2. The van der Waals surface area contributed by atoms with E-state index in [2.05, 4.69) is 20.8 Å². The molecule has 0 atom stereocenters. The number of carbonyl (C=O) groups excluding carboxylic acids is 1. The Labute approximate surface area is 132 Å². The molecule has 8 nitrogen and oxygen atoms in total. The Morgan fingerprint density at radius 3 is 2.74 bits per heavy atom. The molecule has 0 bridgehead atoms. The molecule has 3 rings (SSSR count).